The molecule has 80 valence electrons. The van der Waals surface area contributed by atoms with Gasteiger partial charge in [-0.25, -0.2) is 4.98 Å². The fourth-order valence-electron chi connectivity index (χ4n) is 1.81. The monoisotopic (exact) mass is 205 g/mol. The van der Waals surface area contributed by atoms with E-state index in [4.69, 9.17) is 5.73 Å². The Bertz CT molecular complexity index is 508. The van der Waals surface area contributed by atoms with Gasteiger partial charge in [0.25, 0.3) is 0 Å². The predicted octanol–water partition coefficient (Wildman–Crippen LogP) is 2.08. The number of hydrogen-bond acceptors (Lipinski definition) is 3. The lowest BCUT2D eigenvalue weighted by molar-refractivity contribution is 0.406. The zero-order valence-corrected chi connectivity index (χ0v) is 9.15. The zero-order chi connectivity index (χ0) is 11.2. The van der Waals surface area contributed by atoms with Crippen molar-refractivity contribution in [2.45, 2.75) is 26.3 Å². The van der Waals surface area contributed by atoms with E-state index in [1.165, 1.54) is 0 Å². The Morgan fingerprint density at radius 3 is 2.60 bits per heavy atom. The summed E-state index contributed by atoms with van der Waals surface area (Å²) < 4.78 is 1.84. The lowest BCUT2D eigenvalue weighted by atomic mass is 10.1. The molecule has 0 aliphatic heterocycles. The second kappa shape index (κ2) is 2.89. The molecule has 0 amide bonds. The number of nitrogens with zero attached hydrogens (tertiary/aromatic N) is 2. The summed E-state index contributed by atoms with van der Waals surface area (Å²) in [5, 5.41) is 9.81. The molecule has 15 heavy (non-hydrogen) atoms. The number of fused-ring (bicyclic) bond motifs is 1. The van der Waals surface area contributed by atoms with Crippen LogP contribution in [0.4, 0.5) is 5.95 Å². The zero-order valence-electron chi connectivity index (χ0n) is 9.15. The van der Waals surface area contributed by atoms with Gasteiger partial charge in [0.05, 0.1) is 5.52 Å². The number of nitrogens with two attached hydrogens (primary N) is 1. The first-order valence-corrected chi connectivity index (χ1v) is 4.87. The van der Waals surface area contributed by atoms with Crippen LogP contribution in [0.1, 0.15) is 20.8 Å². The van der Waals surface area contributed by atoms with E-state index in [9.17, 15) is 5.11 Å². The van der Waals surface area contributed by atoms with Gasteiger partial charge in [0.15, 0.2) is 0 Å². The topological polar surface area (TPSA) is 64.1 Å². The summed E-state index contributed by atoms with van der Waals surface area (Å²) in [6, 6.07) is 5.25. The Hall–Kier alpha value is -1.71. The number of anilines is 1. The van der Waals surface area contributed by atoms with E-state index in [1.807, 2.05) is 31.4 Å². The highest BCUT2D eigenvalue weighted by Crippen LogP contribution is 2.31. The highest BCUT2D eigenvalue weighted by Gasteiger charge is 2.21. The smallest absolute Gasteiger partial charge is 0.201 e. The Morgan fingerprint density at radius 1 is 1.33 bits per heavy atom. The van der Waals surface area contributed by atoms with Gasteiger partial charge in [0.2, 0.25) is 5.95 Å². The summed E-state index contributed by atoms with van der Waals surface area (Å²) in [6.45, 7) is 6.07. The quantitative estimate of drug-likeness (QED) is 0.692. The first-order chi connectivity index (χ1) is 6.91. The van der Waals surface area contributed by atoms with Gasteiger partial charge in [0.1, 0.15) is 11.3 Å². The minimum absolute atomic E-state index is 0.197. The Labute approximate surface area is 88.3 Å². The van der Waals surface area contributed by atoms with Crippen LogP contribution in [0, 0.1) is 0 Å². The lowest BCUT2D eigenvalue weighted by Crippen LogP contribution is -2.23. The molecule has 1 heterocycles. The van der Waals surface area contributed by atoms with Crippen LogP contribution in [-0.4, -0.2) is 14.7 Å². The van der Waals surface area contributed by atoms with Gasteiger partial charge in [0, 0.05) is 5.54 Å². The molecule has 4 heteroatoms. The molecule has 0 saturated heterocycles. The Balaban J connectivity index is 2.89. The molecule has 3 N–H and O–H groups in total. The summed E-state index contributed by atoms with van der Waals surface area (Å²) in [5.41, 5.74) is 7.07. The van der Waals surface area contributed by atoms with Crippen molar-refractivity contribution < 1.29 is 5.11 Å². The minimum Gasteiger partial charge on any atom is -0.506 e. The van der Waals surface area contributed by atoms with E-state index >= 15 is 0 Å². The average molecular weight is 205 g/mol. The van der Waals surface area contributed by atoms with Crippen LogP contribution < -0.4 is 5.73 Å². The van der Waals surface area contributed by atoms with Crippen LogP contribution in [0.15, 0.2) is 18.2 Å². The maximum Gasteiger partial charge on any atom is 0.201 e. The molecule has 0 saturated carbocycles. The van der Waals surface area contributed by atoms with Crippen molar-refractivity contribution in [1.29, 1.82) is 0 Å². The fourth-order valence-corrected chi connectivity index (χ4v) is 1.81. The molecule has 2 aromatic rings. The number of para-hydroxylation sites is 1. The number of hydrogen-bond donors (Lipinski definition) is 2. The van der Waals surface area contributed by atoms with E-state index in [0.29, 0.717) is 11.5 Å². The highest BCUT2D eigenvalue weighted by molar-refractivity contribution is 5.84. The molecule has 4 nitrogen and oxygen atoms in total. The average Bonchev–Trinajstić information content (AvgIpc) is 2.41. The van der Waals surface area contributed by atoms with E-state index < -0.39 is 0 Å². The largest absolute Gasteiger partial charge is 0.506 e. The van der Waals surface area contributed by atoms with E-state index in [-0.39, 0.29) is 11.3 Å². The van der Waals surface area contributed by atoms with Crippen molar-refractivity contribution in [3.05, 3.63) is 18.2 Å². The maximum atomic E-state index is 9.81. The van der Waals surface area contributed by atoms with E-state index in [2.05, 4.69) is 4.98 Å². The molecule has 1 aromatic carbocycles. The van der Waals surface area contributed by atoms with E-state index in [0.717, 1.165) is 5.52 Å². The standard InChI is InChI=1S/C11H15N3O/c1-11(2,3)14-9-7(13-10(14)12)5-4-6-8(9)15/h4-6,15H,1-3H3,(H2,12,13). The molecule has 0 radical (unpaired) electrons. The van der Waals surface area contributed by atoms with Crippen LogP contribution in [0.3, 0.4) is 0 Å². The molecule has 0 atom stereocenters. The number of aromatic hydroxyl groups is 1. The third-order valence-electron chi connectivity index (χ3n) is 2.35. The molecule has 0 aliphatic carbocycles. The van der Waals surface area contributed by atoms with Crippen molar-refractivity contribution in [3.8, 4) is 5.75 Å². The second-order valence-corrected chi connectivity index (χ2v) is 4.62. The summed E-state index contributed by atoms with van der Waals surface area (Å²) >= 11 is 0. The van der Waals surface area contributed by atoms with Crippen LogP contribution in [-0.2, 0) is 5.54 Å². The van der Waals surface area contributed by atoms with Gasteiger partial charge in [-0.2, -0.15) is 0 Å². The number of nitrogen functional groups attached to an aromatic ring is 1. The maximum absolute atomic E-state index is 9.81. The van der Waals surface area contributed by atoms with Gasteiger partial charge in [-0.05, 0) is 32.9 Å². The molecular formula is C11H15N3O. The minimum atomic E-state index is -0.197. The summed E-state index contributed by atoms with van der Waals surface area (Å²) in [5.74, 6) is 0.644. The molecule has 1 aromatic heterocycles. The third-order valence-corrected chi connectivity index (χ3v) is 2.35. The first-order valence-electron chi connectivity index (χ1n) is 4.87. The van der Waals surface area contributed by atoms with Gasteiger partial charge in [-0.3, -0.25) is 0 Å². The predicted molar refractivity (Wildman–Crippen MR) is 60.8 cm³/mol. The van der Waals surface area contributed by atoms with Gasteiger partial charge < -0.3 is 15.4 Å². The highest BCUT2D eigenvalue weighted by atomic mass is 16.3. The number of imidazole rings is 1. The van der Waals surface area contributed by atoms with Crippen molar-refractivity contribution in [2.75, 3.05) is 5.73 Å². The Kier molecular flexibility index (Phi) is 1.89. The van der Waals surface area contributed by atoms with Gasteiger partial charge >= 0.3 is 0 Å². The molecular weight excluding hydrogens is 190 g/mol. The van der Waals surface area contributed by atoms with Crippen LogP contribution in [0.5, 0.6) is 5.75 Å². The molecule has 0 spiro atoms. The third kappa shape index (κ3) is 1.42. The van der Waals surface area contributed by atoms with Crippen molar-refractivity contribution in [3.63, 3.8) is 0 Å². The summed E-state index contributed by atoms with van der Waals surface area (Å²) in [7, 11) is 0. The number of aromatic nitrogens is 2. The van der Waals surface area contributed by atoms with Crippen molar-refractivity contribution in [1.82, 2.24) is 9.55 Å². The van der Waals surface area contributed by atoms with Crippen LogP contribution in [0.25, 0.3) is 11.0 Å². The number of benzene rings is 1. The molecule has 0 aliphatic rings. The van der Waals surface area contributed by atoms with E-state index in [1.54, 1.807) is 12.1 Å². The number of phenols is 1. The van der Waals surface area contributed by atoms with Crippen LogP contribution in [0.2, 0.25) is 0 Å². The number of rotatable bonds is 0. The lowest BCUT2D eigenvalue weighted by Gasteiger charge is -2.23. The second-order valence-electron chi connectivity index (χ2n) is 4.62. The van der Waals surface area contributed by atoms with Crippen molar-refractivity contribution >= 4 is 17.0 Å². The molecule has 2 rings (SSSR count). The Morgan fingerprint density at radius 2 is 2.00 bits per heavy atom. The summed E-state index contributed by atoms with van der Waals surface area (Å²) in [4.78, 5) is 4.22. The molecule has 0 unspecified atom stereocenters. The van der Waals surface area contributed by atoms with Gasteiger partial charge in [-0.1, -0.05) is 6.07 Å². The summed E-state index contributed by atoms with van der Waals surface area (Å²) in [6.07, 6.45) is 0. The fraction of sp³-hybridized carbons (Fsp3) is 0.364. The van der Waals surface area contributed by atoms with Crippen LogP contribution >= 0.6 is 0 Å². The number of phenolic OH excluding ortho intramolecular Hbond substituents is 1. The SMILES string of the molecule is CC(C)(C)n1c(N)nc2cccc(O)c21. The van der Waals surface area contributed by atoms with Crippen molar-refractivity contribution in [2.24, 2.45) is 0 Å². The molecule has 0 bridgehead atoms. The van der Waals surface area contributed by atoms with Gasteiger partial charge in [-0.15, -0.1) is 0 Å². The molecule has 0 fully saturated rings. The normalized spacial score (nSPS) is 12.2. The first kappa shape index (κ1) is 9.83.